The molecular weight excluding hydrogens is 308 g/mol. The van der Waals surface area contributed by atoms with Crippen LogP contribution in [-0.2, 0) is 0 Å². The van der Waals surface area contributed by atoms with Crippen molar-refractivity contribution in [3.8, 4) is 0 Å². The number of ketones is 1. The van der Waals surface area contributed by atoms with Gasteiger partial charge in [-0.05, 0) is 69.5 Å². The van der Waals surface area contributed by atoms with Gasteiger partial charge < -0.3 is 9.80 Å². The number of nitrogens with zero attached hydrogens (tertiary/aromatic N) is 2. The van der Waals surface area contributed by atoms with Crippen LogP contribution >= 0.6 is 11.6 Å². The minimum absolute atomic E-state index is 0.0483. The molecule has 0 N–H and O–H groups in total. The van der Waals surface area contributed by atoms with Gasteiger partial charge in [0.2, 0.25) is 0 Å². The highest BCUT2D eigenvalue weighted by atomic mass is 35.5. The van der Waals surface area contributed by atoms with Gasteiger partial charge in [-0.25, -0.2) is 0 Å². The zero-order valence-electron chi connectivity index (χ0n) is 13.6. The van der Waals surface area contributed by atoms with Crippen LogP contribution in [0.5, 0.6) is 0 Å². The Balaban J connectivity index is 1.61. The van der Waals surface area contributed by atoms with Gasteiger partial charge in [0.05, 0.1) is 0 Å². The number of rotatable bonds is 5. The molecule has 124 valence electrons. The molecule has 0 bridgehead atoms. The number of carbonyl (C=O) groups excluding carboxylic acids is 1. The summed E-state index contributed by atoms with van der Waals surface area (Å²) in [7, 11) is 0. The molecule has 23 heavy (non-hydrogen) atoms. The van der Waals surface area contributed by atoms with Crippen LogP contribution < -0.4 is 0 Å². The maximum absolute atomic E-state index is 12.3. The summed E-state index contributed by atoms with van der Waals surface area (Å²) in [4.78, 5) is 17.2. The molecule has 1 unspecified atom stereocenters. The van der Waals surface area contributed by atoms with Gasteiger partial charge in [0, 0.05) is 42.0 Å². The number of hydrogen-bond donors (Lipinski definition) is 0. The zero-order valence-corrected chi connectivity index (χ0v) is 14.3. The Morgan fingerprint density at radius 3 is 2.52 bits per heavy atom. The highest BCUT2D eigenvalue weighted by molar-refractivity contribution is 6.30. The topological polar surface area (TPSA) is 23.6 Å². The minimum atomic E-state index is 0.0483. The average molecular weight is 333 g/mol. The van der Waals surface area contributed by atoms with Crippen molar-refractivity contribution >= 4 is 17.4 Å². The number of carbonyl (C=O) groups is 1. The SMILES string of the molecule is O=C(/C=C/N1CCCCC1CN1CCCC1)c1ccc(Cl)cc1. The summed E-state index contributed by atoms with van der Waals surface area (Å²) < 4.78 is 0. The van der Waals surface area contributed by atoms with Crippen LogP contribution in [0.15, 0.2) is 36.5 Å². The van der Waals surface area contributed by atoms with E-state index in [2.05, 4.69) is 9.80 Å². The van der Waals surface area contributed by atoms with Crippen molar-refractivity contribution in [2.45, 2.75) is 38.1 Å². The maximum atomic E-state index is 12.3. The first-order valence-electron chi connectivity index (χ1n) is 8.68. The first-order chi connectivity index (χ1) is 11.2. The number of hydrogen-bond acceptors (Lipinski definition) is 3. The van der Waals surface area contributed by atoms with Crippen molar-refractivity contribution in [2.24, 2.45) is 0 Å². The monoisotopic (exact) mass is 332 g/mol. The third-order valence-corrected chi connectivity index (χ3v) is 5.14. The molecule has 2 heterocycles. The van der Waals surface area contributed by atoms with Crippen molar-refractivity contribution < 1.29 is 4.79 Å². The van der Waals surface area contributed by atoms with Gasteiger partial charge in [0.1, 0.15) is 0 Å². The number of piperidine rings is 1. The molecule has 0 radical (unpaired) electrons. The molecule has 3 nitrogen and oxygen atoms in total. The lowest BCUT2D eigenvalue weighted by molar-refractivity contribution is 0.104. The molecular formula is C19H25ClN2O. The molecule has 1 atom stereocenters. The van der Waals surface area contributed by atoms with Crippen LogP contribution in [0.2, 0.25) is 5.02 Å². The van der Waals surface area contributed by atoms with Crippen molar-refractivity contribution in [2.75, 3.05) is 26.2 Å². The van der Waals surface area contributed by atoms with Crippen molar-refractivity contribution in [1.29, 1.82) is 0 Å². The smallest absolute Gasteiger partial charge is 0.187 e. The highest BCUT2D eigenvalue weighted by Gasteiger charge is 2.23. The molecule has 0 aromatic heterocycles. The Morgan fingerprint density at radius 2 is 1.78 bits per heavy atom. The molecule has 2 aliphatic rings. The van der Waals surface area contributed by atoms with Crippen LogP contribution in [0.1, 0.15) is 42.5 Å². The minimum Gasteiger partial charge on any atom is -0.373 e. The highest BCUT2D eigenvalue weighted by Crippen LogP contribution is 2.20. The van der Waals surface area contributed by atoms with Gasteiger partial charge in [0.15, 0.2) is 5.78 Å². The van der Waals surface area contributed by atoms with E-state index in [-0.39, 0.29) is 5.78 Å². The zero-order chi connectivity index (χ0) is 16.1. The lowest BCUT2D eigenvalue weighted by Crippen LogP contribution is -2.43. The van der Waals surface area contributed by atoms with E-state index in [0.29, 0.717) is 16.6 Å². The maximum Gasteiger partial charge on any atom is 0.187 e. The van der Waals surface area contributed by atoms with E-state index < -0.39 is 0 Å². The van der Waals surface area contributed by atoms with E-state index in [1.807, 2.05) is 6.20 Å². The van der Waals surface area contributed by atoms with E-state index in [9.17, 15) is 4.79 Å². The van der Waals surface area contributed by atoms with Crippen LogP contribution in [0.3, 0.4) is 0 Å². The molecule has 1 aromatic rings. The van der Waals surface area contributed by atoms with E-state index >= 15 is 0 Å². The third kappa shape index (κ3) is 4.58. The van der Waals surface area contributed by atoms with Gasteiger partial charge >= 0.3 is 0 Å². The van der Waals surface area contributed by atoms with Gasteiger partial charge in [0.25, 0.3) is 0 Å². The Kier molecular flexibility index (Phi) is 5.74. The van der Waals surface area contributed by atoms with Gasteiger partial charge in [-0.2, -0.15) is 0 Å². The predicted molar refractivity (Wildman–Crippen MR) is 94.9 cm³/mol. The molecule has 2 saturated heterocycles. The summed E-state index contributed by atoms with van der Waals surface area (Å²) in [6.45, 7) is 4.66. The fourth-order valence-electron chi connectivity index (χ4n) is 3.55. The van der Waals surface area contributed by atoms with E-state index in [1.165, 1.54) is 45.2 Å². The third-order valence-electron chi connectivity index (χ3n) is 4.89. The molecule has 1 aromatic carbocycles. The van der Waals surface area contributed by atoms with Crippen LogP contribution in [0, 0.1) is 0 Å². The first-order valence-corrected chi connectivity index (χ1v) is 9.06. The van der Waals surface area contributed by atoms with Crippen molar-refractivity contribution in [3.63, 3.8) is 0 Å². The molecule has 2 fully saturated rings. The fourth-order valence-corrected chi connectivity index (χ4v) is 3.68. The van der Waals surface area contributed by atoms with Gasteiger partial charge in [-0.3, -0.25) is 4.79 Å². The Labute approximate surface area is 143 Å². The van der Waals surface area contributed by atoms with Gasteiger partial charge in [-0.1, -0.05) is 11.6 Å². The summed E-state index contributed by atoms with van der Waals surface area (Å²) in [6, 6.07) is 7.65. The van der Waals surface area contributed by atoms with Crippen LogP contribution in [0.25, 0.3) is 0 Å². The summed E-state index contributed by atoms with van der Waals surface area (Å²) >= 11 is 5.87. The normalized spacial score (nSPS) is 22.8. The number of benzene rings is 1. The second kappa shape index (κ2) is 7.98. The molecule has 4 heteroatoms. The molecule has 0 amide bonds. The Morgan fingerprint density at radius 1 is 1.09 bits per heavy atom. The van der Waals surface area contributed by atoms with E-state index in [0.717, 1.165) is 13.1 Å². The van der Waals surface area contributed by atoms with Crippen LogP contribution in [-0.4, -0.2) is 47.8 Å². The molecule has 0 saturated carbocycles. The largest absolute Gasteiger partial charge is 0.373 e. The van der Waals surface area contributed by atoms with E-state index in [4.69, 9.17) is 11.6 Å². The Hall–Kier alpha value is -1.32. The quantitative estimate of drug-likeness (QED) is 0.601. The lowest BCUT2D eigenvalue weighted by atomic mass is 10.0. The molecule has 0 spiro atoms. The summed E-state index contributed by atoms with van der Waals surface area (Å²) in [5.41, 5.74) is 0.693. The number of allylic oxidation sites excluding steroid dienone is 1. The van der Waals surface area contributed by atoms with Gasteiger partial charge in [-0.15, -0.1) is 0 Å². The second-order valence-corrected chi connectivity index (χ2v) is 7.02. The predicted octanol–water partition coefficient (Wildman–Crippen LogP) is 3.99. The average Bonchev–Trinajstić information content (AvgIpc) is 3.07. The second-order valence-electron chi connectivity index (χ2n) is 6.58. The standard InChI is InChI=1S/C19H25ClN2O/c20-17-8-6-16(7-9-17)19(23)10-14-22-13-2-1-5-18(22)15-21-11-3-4-12-21/h6-10,14,18H,1-5,11-13,15H2/b14-10+. The first kappa shape index (κ1) is 16.5. The van der Waals surface area contributed by atoms with Crippen molar-refractivity contribution in [3.05, 3.63) is 47.1 Å². The molecule has 0 aliphatic carbocycles. The molecule has 3 rings (SSSR count). The molecule has 2 aliphatic heterocycles. The summed E-state index contributed by atoms with van der Waals surface area (Å²) in [5.74, 6) is 0.0483. The number of halogens is 1. The number of likely N-dealkylation sites (tertiary alicyclic amines) is 2. The fraction of sp³-hybridized carbons (Fsp3) is 0.526. The van der Waals surface area contributed by atoms with Crippen molar-refractivity contribution in [1.82, 2.24) is 9.80 Å². The van der Waals surface area contributed by atoms with E-state index in [1.54, 1.807) is 30.3 Å². The summed E-state index contributed by atoms with van der Waals surface area (Å²) in [5, 5.41) is 0.659. The summed E-state index contributed by atoms with van der Waals surface area (Å²) in [6.07, 6.45) is 10.1. The Bertz CT molecular complexity index is 549. The van der Waals surface area contributed by atoms with Crippen LogP contribution in [0.4, 0.5) is 0 Å². The lowest BCUT2D eigenvalue weighted by Gasteiger charge is -2.37.